The van der Waals surface area contributed by atoms with Crippen molar-refractivity contribution in [2.75, 3.05) is 0 Å². The van der Waals surface area contributed by atoms with E-state index in [0.717, 1.165) is 0 Å². The molecule has 52 valence electrons. The third-order valence-corrected chi connectivity index (χ3v) is 1.49. The van der Waals surface area contributed by atoms with Crippen molar-refractivity contribution in [2.24, 2.45) is 11.5 Å². The first-order valence-corrected chi connectivity index (χ1v) is 2.71. The number of hydrogen-bond donors (Lipinski definition) is 4. The lowest BCUT2D eigenvalue weighted by molar-refractivity contribution is 1.23. The van der Waals surface area contributed by atoms with Gasteiger partial charge in [0.25, 0.3) is 0 Å². The minimum atomic E-state index is -1.83. The SMILES string of the molecule is N=C(N)C(Cl)(Cl)C(=N)N. The zero-order chi connectivity index (χ0) is 7.65. The largest absolute Gasteiger partial charge is 0.385 e. The lowest BCUT2D eigenvalue weighted by atomic mass is 10.3. The van der Waals surface area contributed by atoms with E-state index in [-0.39, 0.29) is 0 Å². The normalized spacial score (nSPS) is 10.9. The molecule has 4 nitrogen and oxygen atoms in total. The molecule has 0 spiro atoms. The molecule has 0 heterocycles. The van der Waals surface area contributed by atoms with E-state index >= 15 is 0 Å². The van der Waals surface area contributed by atoms with Gasteiger partial charge in [0.15, 0.2) is 0 Å². The molecule has 0 saturated heterocycles. The molecule has 0 aliphatic heterocycles. The summed E-state index contributed by atoms with van der Waals surface area (Å²) in [5.74, 6) is -1.09. The quantitative estimate of drug-likeness (QED) is 0.266. The summed E-state index contributed by atoms with van der Waals surface area (Å²) >= 11 is 10.5. The number of halogens is 2. The molecular weight excluding hydrogens is 163 g/mol. The molecule has 0 aliphatic carbocycles. The Balaban J connectivity index is 4.38. The Bertz CT molecular complexity index is 136. The molecule has 0 unspecified atom stereocenters. The van der Waals surface area contributed by atoms with Gasteiger partial charge in [0.2, 0.25) is 4.33 Å². The summed E-state index contributed by atoms with van der Waals surface area (Å²) in [6.45, 7) is 0. The highest BCUT2D eigenvalue weighted by atomic mass is 35.5. The highest BCUT2D eigenvalue weighted by Crippen LogP contribution is 2.19. The van der Waals surface area contributed by atoms with Crippen molar-refractivity contribution < 1.29 is 0 Å². The van der Waals surface area contributed by atoms with Gasteiger partial charge in [-0.15, -0.1) is 0 Å². The Kier molecular flexibility index (Phi) is 2.28. The smallest absolute Gasteiger partial charge is 0.229 e. The molecular formula is C3H6Cl2N4. The van der Waals surface area contributed by atoms with Crippen LogP contribution >= 0.6 is 23.2 Å². The van der Waals surface area contributed by atoms with Gasteiger partial charge in [0, 0.05) is 0 Å². The summed E-state index contributed by atoms with van der Waals surface area (Å²) in [5.41, 5.74) is 9.74. The van der Waals surface area contributed by atoms with E-state index in [0.29, 0.717) is 0 Å². The second-order valence-corrected chi connectivity index (χ2v) is 2.73. The zero-order valence-electron chi connectivity index (χ0n) is 4.41. The fourth-order valence-corrected chi connectivity index (χ4v) is 0.145. The molecule has 0 aromatic rings. The number of hydrogen-bond acceptors (Lipinski definition) is 2. The Morgan fingerprint density at radius 1 is 1.11 bits per heavy atom. The third kappa shape index (κ3) is 1.73. The van der Waals surface area contributed by atoms with E-state index in [1.807, 2.05) is 0 Å². The fourth-order valence-electron chi connectivity index (χ4n) is 0.145. The van der Waals surface area contributed by atoms with Gasteiger partial charge in [-0.25, -0.2) is 0 Å². The van der Waals surface area contributed by atoms with Crippen molar-refractivity contribution >= 4 is 34.9 Å². The van der Waals surface area contributed by atoms with Crippen molar-refractivity contribution in [1.29, 1.82) is 10.8 Å². The van der Waals surface area contributed by atoms with E-state index in [1.165, 1.54) is 0 Å². The van der Waals surface area contributed by atoms with Crippen LogP contribution in [0.3, 0.4) is 0 Å². The van der Waals surface area contributed by atoms with Gasteiger partial charge in [-0.3, -0.25) is 10.8 Å². The Labute approximate surface area is 62.1 Å². The van der Waals surface area contributed by atoms with Gasteiger partial charge in [-0.1, -0.05) is 23.2 Å². The van der Waals surface area contributed by atoms with E-state index in [2.05, 4.69) is 0 Å². The molecule has 0 rings (SSSR count). The molecule has 0 amide bonds. The van der Waals surface area contributed by atoms with Crippen molar-refractivity contribution in [3.05, 3.63) is 0 Å². The van der Waals surface area contributed by atoms with Crippen LogP contribution in [0, 0.1) is 10.8 Å². The standard InChI is InChI=1S/C3H6Cl2N4/c4-3(5,1(6)7)2(8)9/h(H3,6,7)(H3,8,9). The van der Waals surface area contributed by atoms with Gasteiger partial charge in [-0.2, -0.15) is 0 Å². The first kappa shape index (κ1) is 8.52. The maximum Gasteiger partial charge on any atom is 0.229 e. The van der Waals surface area contributed by atoms with Crippen molar-refractivity contribution in [1.82, 2.24) is 0 Å². The second kappa shape index (κ2) is 2.41. The monoisotopic (exact) mass is 168 g/mol. The lowest BCUT2D eigenvalue weighted by Gasteiger charge is -2.14. The average molecular weight is 169 g/mol. The van der Waals surface area contributed by atoms with Crippen LogP contribution < -0.4 is 11.5 Å². The van der Waals surface area contributed by atoms with E-state index in [1.54, 1.807) is 0 Å². The first-order valence-electron chi connectivity index (χ1n) is 1.96. The topological polar surface area (TPSA) is 99.7 Å². The molecule has 0 atom stereocenters. The highest BCUT2D eigenvalue weighted by molar-refractivity contribution is 6.67. The Morgan fingerprint density at radius 3 is 1.33 bits per heavy atom. The fraction of sp³-hybridized carbons (Fsp3) is 0.333. The number of nitrogens with two attached hydrogens (primary N) is 2. The summed E-state index contributed by atoms with van der Waals surface area (Å²) < 4.78 is -1.83. The number of alkyl halides is 2. The molecule has 0 radical (unpaired) electrons. The first-order chi connectivity index (χ1) is 3.89. The molecule has 0 fully saturated rings. The molecule has 0 saturated carbocycles. The van der Waals surface area contributed by atoms with Gasteiger partial charge >= 0.3 is 0 Å². The zero-order valence-corrected chi connectivity index (χ0v) is 5.92. The van der Waals surface area contributed by atoms with Crippen molar-refractivity contribution in [3.63, 3.8) is 0 Å². The molecule has 6 heteroatoms. The second-order valence-electron chi connectivity index (χ2n) is 1.40. The number of amidine groups is 2. The van der Waals surface area contributed by atoms with Crippen LogP contribution in [0.5, 0.6) is 0 Å². The van der Waals surface area contributed by atoms with Crippen LogP contribution in [0.1, 0.15) is 0 Å². The van der Waals surface area contributed by atoms with Crippen LogP contribution in [0.15, 0.2) is 0 Å². The van der Waals surface area contributed by atoms with Crippen LogP contribution in [-0.2, 0) is 0 Å². The van der Waals surface area contributed by atoms with Gasteiger partial charge in [0.05, 0.1) is 0 Å². The van der Waals surface area contributed by atoms with Crippen LogP contribution in [0.2, 0.25) is 0 Å². The predicted molar refractivity (Wildman–Crippen MR) is 38.3 cm³/mol. The minimum Gasteiger partial charge on any atom is -0.385 e. The Hall–Kier alpha value is -0.480. The summed E-state index contributed by atoms with van der Waals surface area (Å²) in [4.78, 5) is 0. The average Bonchev–Trinajstić information content (AvgIpc) is 1.65. The van der Waals surface area contributed by atoms with Gasteiger partial charge in [0.1, 0.15) is 11.7 Å². The maximum atomic E-state index is 6.72. The summed E-state index contributed by atoms with van der Waals surface area (Å²) in [6.07, 6.45) is 0. The van der Waals surface area contributed by atoms with Crippen LogP contribution in [0.25, 0.3) is 0 Å². The Morgan fingerprint density at radius 2 is 1.33 bits per heavy atom. The molecule has 0 aliphatic rings. The third-order valence-electron chi connectivity index (χ3n) is 0.677. The van der Waals surface area contributed by atoms with E-state index in [9.17, 15) is 0 Å². The molecule has 0 aromatic carbocycles. The highest BCUT2D eigenvalue weighted by Gasteiger charge is 2.31. The minimum absolute atomic E-state index is 0.543. The maximum absolute atomic E-state index is 6.72. The number of rotatable bonds is 2. The van der Waals surface area contributed by atoms with Gasteiger partial charge in [-0.05, 0) is 0 Å². The summed E-state index contributed by atoms with van der Waals surface area (Å²) in [5, 5.41) is 13.4. The van der Waals surface area contributed by atoms with Crippen LogP contribution in [-0.4, -0.2) is 16.0 Å². The summed E-state index contributed by atoms with van der Waals surface area (Å²) in [6, 6.07) is 0. The van der Waals surface area contributed by atoms with Crippen molar-refractivity contribution in [3.8, 4) is 0 Å². The lowest BCUT2D eigenvalue weighted by Crippen LogP contribution is -2.44. The molecule has 0 aromatic heterocycles. The van der Waals surface area contributed by atoms with Gasteiger partial charge < -0.3 is 11.5 Å². The molecule has 0 bridgehead atoms. The number of nitrogens with one attached hydrogen (secondary N) is 2. The van der Waals surface area contributed by atoms with Crippen molar-refractivity contribution in [2.45, 2.75) is 4.33 Å². The predicted octanol–water partition coefficient (Wildman–Crippen LogP) is 0.0322. The van der Waals surface area contributed by atoms with Crippen LogP contribution in [0.4, 0.5) is 0 Å². The molecule has 9 heavy (non-hydrogen) atoms. The molecule has 6 N–H and O–H groups in total. The van der Waals surface area contributed by atoms with E-state index < -0.39 is 16.0 Å². The summed E-state index contributed by atoms with van der Waals surface area (Å²) in [7, 11) is 0. The van der Waals surface area contributed by atoms with E-state index in [4.69, 9.17) is 45.5 Å².